The average molecular weight is 273 g/mol. The van der Waals surface area contributed by atoms with E-state index in [-0.39, 0.29) is 12.8 Å². The van der Waals surface area contributed by atoms with Gasteiger partial charge in [-0.1, -0.05) is 42.5 Å². The molecule has 1 aliphatic carbocycles. The summed E-state index contributed by atoms with van der Waals surface area (Å²) in [5.74, 6) is -0.581. The summed E-state index contributed by atoms with van der Waals surface area (Å²) in [6.45, 7) is 0. The molecule has 1 unspecified atom stereocenters. The molecular formula is C15H15NO4. The zero-order chi connectivity index (χ0) is 14.6. The van der Waals surface area contributed by atoms with Gasteiger partial charge in [0.25, 0.3) is 5.54 Å². The minimum Gasteiger partial charge on any atom is -0.469 e. The molecule has 0 radical (unpaired) electrons. The van der Waals surface area contributed by atoms with E-state index >= 15 is 0 Å². The fourth-order valence-corrected chi connectivity index (χ4v) is 2.17. The van der Waals surface area contributed by atoms with Crippen LogP contribution in [0.2, 0.25) is 0 Å². The highest BCUT2D eigenvalue weighted by atomic mass is 16.6. The maximum Gasteiger partial charge on any atom is 0.313 e. The first-order valence-electron chi connectivity index (χ1n) is 6.23. The highest BCUT2D eigenvalue weighted by Gasteiger charge is 2.43. The van der Waals surface area contributed by atoms with E-state index in [4.69, 9.17) is 0 Å². The molecule has 5 heteroatoms. The third kappa shape index (κ3) is 2.77. The number of methoxy groups -OCH3 is 1. The summed E-state index contributed by atoms with van der Waals surface area (Å²) < 4.78 is 4.54. The lowest BCUT2D eigenvalue weighted by molar-refractivity contribution is -0.553. The second kappa shape index (κ2) is 5.69. The van der Waals surface area contributed by atoms with Crippen molar-refractivity contribution in [1.82, 2.24) is 0 Å². The SMILES string of the molecule is COC(=O)CC1([N+](=O)[O-])C=CC(c2ccccc2)=CC1. The topological polar surface area (TPSA) is 69.4 Å². The Bertz CT molecular complexity index is 577. The number of rotatable bonds is 4. The second-order valence-electron chi connectivity index (χ2n) is 4.68. The Morgan fingerprint density at radius 1 is 1.40 bits per heavy atom. The summed E-state index contributed by atoms with van der Waals surface area (Å²) in [5, 5.41) is 11.3. The van der Waals surface area contributed by atoms with E-state index in [0.29, 0.717) is 0 Å². The molecule has 0 N–H and O–H groups in total. The van der Waals surface area contributed by atoms with Crippen LogP contribution in [0.5, 0.6) is 0 Å². The van der Waals surface area contributed by atoms with Crippen molar-refractivity contribution in [2.45, 2.75) is 18.4 Å². The van der Waals surface area contributed by atoms with E-state index in [2.05, 4.69) is 4.74 Å². The van der Waals surface area contributed by atoms with Gasteiger partial charge in [-0.05, 0) is 17.2 Å². The van der Waals surface area contributed by atoms with Gasteiger partial charge < -0.3 is 4.74 Å². The number of esters is 1. The fraction of sp³-hybridized carbons (Fsp3) is 0.267. The van der Waals surface area contributed by atoms with Crippen molar-refractivity contribution >= 4 is 11.5 Å². The van der Waals surface area contributed by atoms with Gasteiger partial charge in [0.05, 0.1) is 7.11 Å². The van der Waals surface area contributed by atoms with Crippen molar-refractivity contribution in [3.8, 4) is 0 Å². The van der Waals surface area contributed by atoms with Gasteiger partial charge in [-0.15, -0.1) is 0 Å². The molecule has 0 saturated carbocycles. The molecule has 0 aromatic heterocycles. The van der Waals surface area contributed by atoms with Gasteiger partial charge in [0, 0.05) is 11.3 Å². The Morgan fingerprint density at radius 2 is 2.10 bits per heavy atom. The number of benzene rings is 1. The lowest BCUT2D eigenvalue weighted by atomic mass is 9.85. The molecule has 0 spiro atoms. The van der Waals surface area contributed by atoms with E-state index in [0.717, 1.165) is 11.1 Å². The number of carbonyl (C=O) groups is 1. The molecule has 1 aliphatic rings. The number of nitro groups is 1. The molecule has 1 aromatic carbocycles. The molecule has 20 heavy (non-hydrogen) atoms. The highest BCUT2D eigenvalue weighted by molar-refractivity contribution is 5.77. The standard InChI is InChI=1S/C15H15NO4/c1-20-14(17)11-15(16(18)19)9-7-13(8-10-15)12-5-3-2-4-6-12/h2-9H,10-11H2,1H3. The molecule has 0 heterocycles. The molecule has 0 aliphatic heterocycles. The molecule has 0 fully saturated rings. The lowest BCUT2D eigenvalue weighted by Gasteiger charge is -2.23. The summed E-state index contributed by atoms with van der Waals surface area (Å²) in [6, 6.07) is 9.61. The minimum absolute atomic E-state index is 0.176. The average Bonchev–Trinajstić information content (AvgIpc) is 2.48. The maximum absolute atomic E-state index is 11.4. The summed E-state index contributed by atoms with van der Waals surface area (Å²) >= 11 is 0. The summed E-state index contributed by atoms with van der Waals surface area (Å²) in [6.07, 6.45) is 4.90. The van der Waals surface area contributed by atoms with E-state index in [9.17, 15) is 14.9 Å². The third-order valence-corrected chi connectivity index (χ3v) is 3.40. The Kier molecular flexibility index (Phi) is 3.98. The first-order chi connectivity index (χ1) is 9.57. The van der Waals surface area contributed by atoms with Crippen molar-refractivity contribution < 1.29 is 14.5 Å². The zero-order valence-electron chi connectivity index (χ0n) is 11.1. The van der Waals surface area contributed by atoms with E-state index in [1.807, 2.05) is 30.3 Å². The largest absolute Gasteiger partial charge is 0.469 e. The number of nitrogens with zero attached hydrogens (tertiary/aromatic N) is 1. The van der Waals surface area contributed by atoms with Crippen LogP contribution in [0.15, 0.2) is 48.6 Å². The molecule has 5 nitrogen and oxygen atoms in total. The number of hydrogen-bond donors (Lipinski definition) is 0. The summed E-state index contributed by atoms with van der Waals surface area (Å²) in [7, 11) is 1.23. The summed E-state index contributed by atoms with van der Waals surface area (Å²) in [4.78, 5) is 22.2. The highest BCUT2D eigenvalue weighted by Crippen LogP contribution is 2.31. The quantitative estimate of drug-likeness (QED) is 0.480. The van der Waals surface area contributed by atoms with Crippen LogP contribution in [-0.2, 0) is 9.53 Å². The van der Waals surface area contributed by atoms with Crippen molar-refractivity contribution in [2.24, 2.45) is 0 Å². The van der Waals surface area contributed by atoms with Gasteiger partial charge in [0.1, 0.15) is 6.42 Å². The number of allylic oxidation sites excluding steroid dienone is 2. The molecule has 0 bridgehead atoms. The molecule has 0 saturated heterocycles. The zero-order valence-corrected chi connectivity index (χ0v) is 11.1. The van der Waals surface area contributed by atoms with Crippen LogP contribution < -0.4 is 0 Å². The molecule has 2 rings (SSSR count). The van der Waals surface area contributed by atoms with Crippen molar-refractivity contribution in [2.75, 3.05) is 7.11 Å². The first-order valence-corrected chi connectivity index (χ1v) is 6.23. The lowest BCUT2D eigenvalue weighted by Crippen LogP contribution is -2.39. The molecule has 0 amide bonds. The van der Waals surface area contributed by atoms with Gasteiger partial charge in [0.15, 0.2) is 0 Å². The predicted molar refractivity (Wildman–Crippen MR) is 74.5 cm³/mol. The van der Waals surface area contributed by atoms with Gasteiger partial charge in [-0.2, -0.15) is 0 Å². The predicted octanol–water partition coefficient (Wildman–Crippen LogP) is 2.61. The molecular weight excluding hydrogens is 258 g/mol. The van der Waals surface area contributed by atoms with Crippen LogP contribution in [-0.4, -0.2) is 23.5 Å². The van der Waals surface area contributed by atoms with Crippen LogP contribution in [0, 0.1) is 10.1 Å². The Hall–Kier alpha value is -2.43. The minimum atomic E-state index is -1.40. The van der Waals surface area contributed by atoms with Crippen molar-refractivity contribution in [3.63, 3.8) is 0 Å². The first kappa shape index (κ1) is 14.0. The van der Waals surface area contributed by atoms with Crippen LogP contribution >= 0.6 is 0 Å². The smallest absolute Gasteiger partial charge is 0.313 e. The van der Waals surface area contributed by atoms with Gasteiger partial charge in [0.2, 0.25) is 0 Å². The Labute approximate surface area is 116 Å². The number of ether oxygens (including phenoxy) is 1. The second-order valence-corrected chi connectivity index (χ2v) is 4.68. The van der Waals surface area contributed by atoms with E-state index in [1.54, 1.807) is 12.2 Å². The van der Waals surface area contributed by atoms with Gasteiger partial charge in [-0.25, -0.2) is 0 Å². The molecule has 1 aromatic rings. The van der Waals surface area contributed by atoms with Gasteiger partial charge in [-0.3, -0.25) is 14.9 Å². The maximum atomic E-state index is 11.4. The number of carbonyl (C=O) groups excluding carboxylic acids is 1. The molecule has 1 atom stereocenters. The van der Waals surface area contributed by atoms with Gasteiger partial charge >= 0.3 is 5.97 Å². The van der Waals surface area contributed by atoms with Crippen LogP contribution in [0.3, 0.4) is 0 Å². The van der Waals surface area contributed by atoms with Crippen molar-refractivity contribution in [3.05, 3.63) is 64.2 Å². The van der Waals surface area contributed by atoms with Crippen LogP contribution in [0.25, 0.3) is 5.57 Å². The van der Waals surface area contributed by atoms with Crippen LogP contribution in [0.4, 0.5) is 0 Å². The van der Waals surface area contributed by atoms with E-state index in [1.165, 1.54) is 13.2 Å². The Balaban J connectivity index is 2.23. The molecule has 104 valence electrons. The normalized spacial score (nSPS) is 21.1. The third-order valence-electron chi connectivity index (χ3n) is 3.40. The monoisotopic (exact) mass is 273 g/mol. The summed E-state index contributed by atoms with van der Waals surface area (Å²) in [5.41, 5.74) is 0.525. The van der Waals surface area contributed by atoms with Crippen molar-refractivity contribution in [1.29, 1.82) is 0 Å². The van der Waals surface area contributed by atoms with E-state index < -0.39 is 16.4 Å². The van der Waals surface area contributed by atoms with Crippen LogP contribution in [0.1, 0.15) is 18.4 Å². The Morgan fingerprint density at radius 3 is 2.60 bits per heavy atom. The fourth-order valence-electron chi connectivity index (χ4n) is 2.17. The number of hydrogen-bond acceptors (Lipinski definition) is 4.